The standard InChI is InChI=1S/C8H18N2.2ClH/c1-7(2)10-5-3-4-8(10)6-9;;/h7-8H,3-6,9H2,1-2H3;2*1H/t8-;;/m0../s1. The van der Waals surface area contributed by atoms with Crippen LogP contribution in [0.15, 0.2) is 0 Å². The van der Waals surface area contributed by atoms with Crippen molar-refractivity contribution in [3.05, 3.63) is 0 Å². The van der Waals surface area contributed by atoms with E-state index in [1.165, 1.54) is 19.4 Å². The predicted octanol–water partition coefficient (Wildman–Crippen LogP) is 1.66. The van der Waals surface area contributed by atoms with Gasteiger partial charge in [-0.1, -0.05) is 0 Å². The van der Waals surface area contributed by atoms with Gasteiger partial charge in [0.25, 0.3) is 0 Å². The third kappa shape index (κ3) is 3.48. The summed E-state index contributed by atoms with van der Waals surface area (Å²) in [6, 6.07) is 1.34. The van der Waals surface area contributed by atoms with Crippen LogP contribution in [0.2, 0.25) is 0 Å². The van der Waals surface area contributed by atoms with E-state index in [0.29, 0.717) is 12.1 Å². The number of nitrogens with two attached hydrogens (primary N) is 1. The molecule has 1 aliphatic rings. The normalized spacial score (nSPS) is 23.5. The summed E-state index contributed by atoms with van der Waals surface area (Å²) in [5.41, 5.74) is 5.62. The Kier molecular flexibility index (Phi) is 8.69. The summed E-state index contributed by atoms with van der Waals surface area (Å²) in [7, 11) is 0. The van der Waals surface area contributed by atoms with Gasteiger partial charge in [0.2, 0.25) is 0 Å². The quantitative estimate of drug-likeness (QED) is 0.759. The fourth-order valence-electron chi connectivity index (χ4n) is 1.79. The molecule has 2 nitrogen and oxygen atoms in total. The molecule has 76 valence electrons. The van der Waals surface area contributed by atoms with Gasteiger partial charge >= 0.3 is 0 Å². The van der Waals surface area contributed by atoms with Gasteiger partial charge in [-0.05, 0) is 33.2 Å². The Bertz CT molecular complexity index is 109. The highest BCUT2D eigenvalue weighted by atomic mass is 35.5. The fraction of sp³-hybridized carbons (Fsp3) is 1.00. The zero-order valence-electron chi connectivity index (χ0n) is 7.82. The highest BCUT2D eigenvalue weighted by molar-refractivity contribution is 5.85. The molecule has 1 heterocycles. The molecule has 1 rings (SSSR count). The second-order valence-electron chi connectivity index (χ2n) is 3.36. The van der Waals surface area contributed by atoms with Gasteiger partial charge < -0.3 is 5.73 Å². The average Bonchev–Trinajstić information content (AvgIpc) is 2.33. The molecule has 0 unspecified atom stereocenters. The van der Waals surface area contributed by atoms with Crippen LogP contribution < -0.4 is 5.73 Å². The Morgan fingerprint density at radius 1 is 1.42 bits per heavy atom. The molecular weight excluding hydrogens is 195 g/mol. The molecule has 2 N–H and O–H groups in total. The van der Waals surface area contributed by atoms with Gasteiger partial charge in [-0.25, -0.2) is 0 Å². The smallest absolute Gasteiger partial charge is 0.0221 e. The summed E-state index contributed by atoms with van der Waals surface area (Å²) >= 11 is 0. The molecule has 0 spiro atoms. The molecule has 0 aromatic carbocycles. The van der Waals surface area contributed by atoms with Crippen LogP contribution in [-0.4, -0.2) is 30.1 Å². The molecule has 1 saturated heterocycles. The molecule has 0 radical (unpaired) electrons. The Labute approximate surface area is 87.7 Å². The first kappa shape index (κ1) is 15.0. The lowest BCUT2D eigenvalue weighted by Crippen LogP contribution is -2.39. The first-order chi connectivity index (χ1) is 4.75. The van der Waals surface area contributed by atoms with Crippen molar-refractivity contribution < 1.29 is 0 Å². The van der Waals surface area contributed by atoms with Gasteiger partial charge in [-0.3, -0.25) is 4.90 Å². The van der Waals surface area contributed by atoms with E-state index >= 15 is 0 Å². The fourth-order valence-corrected chi connectivity index (χ4v) is 1.79. The molecule has 1 atom stereocenters. The number of halogens is 2. The van der Waals surface area contributed by atoms with Gasteiger partial charge in [0.15, 0.2) is 0 Å². The molecule has 4 heteroatoms. The molecule has 0 aromatic rings. The van der Waals surface area contributed by atoms with Crippen molar-refractivity contribution in [2.75, 3.05) is 13.1 Å². The second-order valence-corrected chi connectivity index (χ2v) is 3.36. The van der Waals surface area contributed by atoms with E-state index in [0.717, 1.165) is 6.54 Å². The third-order valence-corrected chi connectivity index (χ3v) is 2.36. The van der Waals surface area contributed by atoms with E-state index in [2.05, 4.69) is 18.7 Å². The van der Waals surface area contributed by atoms with E-state index in [4.69, 9.17) is 5.73 Å². The van der Waals surface area contributed by atoms with Gasteiger partial charge in [-0.15, -0.1) is 24.8 Å². The van der Waals surface area contributed by atoms with Crippen molar-refractivity contribution in [2.45, 2.75) is 38.8 Å². The van der Waals surface area contributed by atoms with E-state index < -0.39 is 0 Å². The van der Waals surface area contributed by atoms with Crippen LogP contribution in [0.1, 0.15) is 26.7 Å². The molecule has 1 aliphatic heterocycles. The number of likely N-dealkylation sites (tertiary alicyclic amines) is 1. The minimum absolute atomic E-state index is 0. The van der Waals surface area contributed by atoms with Crippen LogP contribution >= 0.6 is 24.8 Å². The zero-order valence-corrected chi connectivity index (χ0v) is 9.46. The lowest BCUT2D eigenvalue weighted by molar-refractivity contribution is 0.208. The lowest BCUT2D eigenvalue weighted by Gasteiger charge is -2.26. The predicted molar refractivity (Wildman–Crippen MR) is 58.4 cm³/mol. The number of hydrogen-bond donors (Lipinski definition) is 1. The first-order valence-electron chi connectivity index (χ1n) is 4.21. The number of hydrogen-bond acceptors (Lipinski definition) is 2. The topological polar surface area (TPSA) is 29.3 Å². The summed E-state index contributed by atoms with van der Waals surface area (Å²) < 4.78 is 0. The van der Waals surface area contributed by atoms with Crippen LogP contribution in [0.4, 0.5) is 0 Å². The van der Waals surface area contributed by atoms with E-state index in [1.54, 1.807) is 0 Å². The maximum Gasteiger partial charge on any atom is 0.0221 e. The van der Waals surface area contributed by atoms with Crippen molar-refractivity contribution in [3.8, 4) is 0 Å². The van der Waals surface area contributed by atoms with Gasteiger partial charge in [0.05, 0.1) is 0 Å². The van der Waals surface area contributed by atoms with Gasteiger partial charge in [-0.2, -0.15) is 0 Å². The highest BCUT2D eigenvalue weighted by Crippen LogP contribution is 2.18. The van der Waals surface area contributed by atoms with Crippen LogP contribution in [-0.2, 0) is 0 Å². The molecule has 0 bridgehead atoms. The van der Waals surface area contributed by atoms with E-state index in [1.807, 2.05) is 0 Å². The molecule has 0 amide bonds. The van der Waals surface area contributed by atoms with Crippen LogP contribution in [0, 0.1) is 0 Å². The summed E-state index contributed by atoms with van der Waals surface area (Å²) in [6.07, 6.45) is 2.63. The Morgan fingerprint density at radius 2 is 2.00 bits per heavy atom. The van der Waals surface area contributed by atoms with Crippen LogP contribution in [0.25, 0.3) is 0 Å². The Morgan fingerprint density at radius 3 is 2.33 bits per heavy atom. The summed E-state index contributed by atoms with van der Waals surface area (Å²) in [5, 5.41) is 0. The maximum atomic E-state index is 5.62. The SMILES string of the molecule is CC(C)N1CCC[C@H]1CN.Cl.Cl. The largest absolute Gasteiger partial charge is 0.329 e. The van der Waals surface area contributed by atoms with Crippen molar-refractivity contribution in [1.82, 2.24) is 4.90 Å². The second kappa shape index (κ2) is 6.96. The van der Waals surface area contributed by atoms with E-state index in [-0.39, 0.29) is 24.8 Å². The maximum absolute atomic E-state index is 5.62. The molecular formula is C8H20Cl2N2. The monoisotopic (exact) mass is 214 g/mol. The summed E-state index contributed by atoms with van der Waals surface area (Å²) in [6.45, 7) is 6.57. The van der Waals surface area contributed by atoms with Gasteiger partial charge in [0.1, 0.15) is 0 Å². The Hall–Kier alpha value is 0.500. The molecule has 12 heavy (non-hydrogen) atoms. The zero-order chi connectivity index (χ0) is 7.56. The molecule has 0 aromatic heterocycles. The van der Waals surface area contributed by atoms with E-state index in [9.17, 15) is 0 Å². The van der Waals surface area contributed by atoms with Gasteiger partial charge in [0, 0.05) is 18.6 Å². The Balaban J connectivity index is 0. The summed E-state index contributed by atoms with van der Waals surface area (Å²) in [5.74, 6) is 0. The lowest BCUT2D eigenvalue weighted by atomic mass is 10.2. The van der Waals surface area contributed by atoms with Crippen LogP contribution in [0.5, 0.6) is 0 Å². The highest BCUT2D eigenvalue weighted by Gasteiger charge is 2.24. The minimum Gasteiger partial charge on any atom is -0.329 e. The molecule has 0 saturated carbocycles. The van der Waals surface area contributed by atoms with Crippen molar-refractivity contribution in [1.29, 1.82) is 0 Å². The number of nitrogens with zero attached hydrogens (tertiary/aromatic N) is 1. The minimum atomic E-state index is 0. The van der Waals surface area contributed by atoms with Crippen molar-refractivity contribution >= 4 is 24.8 Å². The summed E-state index contributed by atoms with van der Waals surface area (Å²) in [4.78, 5) is 2.50. The van der Waals surface area contributed by atoms with Crippen molar-refractivity contribution in [2.24, 2.45) is 5.73 Å². The third-order valence-electron chi connectivity index (χ3n) is 2.36. The molecule has 0 aliphatic carbocycles. The number of rotatable bonds is 2. The van der Waals surface area contributed by atoms with Crippen LogP contribution in [0.3, 0.4) is 0 Å². The van der Waals surface area contributed by atoms with Crippen molar-refractivity contribution in [3.63, 3.8) is 0 Å². The molecule has 1 fully saturated rings. The first-order valence-corrected chi connectivity index (χ1v) is 4.21. The average molecular weight is 215 g/mol.